The predicted molar refractivity (Wildman–Crippen MR) is 98.3 cm³/mol. The van der Waals surface area contributed by atoms with Gasteiger partial charge >= 0.3 is 5.97 Å². The molecule has 1 aliphatic carbocycles. The van der Waals surface area contributed by atoms with Crippen LogP contribution >= 0.6 is 15.9 Å². The summed E-state index contributed by atoms with van der Waals surface area (Å²) in [7, 11) is 1.85. The molecule has 0 radical (unpaired) electrons. The van der Waals surface area contributed by atoms with E-state index in [4.69, 9.17) is 4.74 Å². The molecule has 0 aliphatic heterocycles. The summed E-state index contributed by atoms with van der Waals surface area (Å²) >= 11 is 3.49. The predicted octanol–water partition coefficient (Wildman–Crippen LogP) is 3.21. The molecule has 1 saturated carbocycles. The Bertz CT molecular complexity index is 964. The molecule has 0 N–H and O–H groups in total. The van der Waals surface area contributed by atoms with Gasteiger partial charge in [-0.25, -0.2) is 9.48 Å². The van der Waals surface area contributed by atoms with Gasteiger partial charge in [0, 0.05) is 29.6 Å². The average Bonchev–Trinajstić information content (AvgIpc) is 3.07. The Kier molecular flexibility index (Phi) is 4.36. The van der Waals surface area contributed by atoms with Gasteiger partial charge in [0.25, 0.3) is 0 Å². The molecule has 1 fully saturated rings. The lowest BCUT2D eigenvalue weighted by atomic mass is 10.1. The summed E-state index contributed by atoms with van der Waals surface area (Å²) in [6.45, 7) is 2.13. The molecule has 1 aromatic carbocycles. The van der Waals surface area contributed by atoms with Gasteiger partial charge in [-0.2, -0.15) is 5.10 Å². The average molecular weight is 416 g/mol. The number of nitrogens with zero attached hydrogens (tertiary/aromatic N) is 5. The Morgan fingerprint density at radius 2 is 2.23 bits per heavy atom. The van der Waals surface area contributed by atoms with Gasteiger partial charge < -0.3 is 4.74 Å². The van der Waals surface area contributed by atoms with Crippen molar-refractivity contribution >= 4 is 21.9 Å². The van der Waals surface area contributed by atoms with Crippen molar-refractivity contribution in [3.8, 4) is 5.69 Å². The van der Waals surface area contributed by atoms with E-state index in [1.165, 1.54) is 0 Å². The molecular formula is C18H18BrN5O2. The number of benzene rings is 1. The second kappa shape index (κ2) is 6.68. The number of aromatic nitrogens is 5. The van der Waals surface area contributed by atoms with Crippen molar-refractivity contribution in [1.29, 1.82) is 0 Å². The van der Waals surface area contributed by atoms with Crippen molar-refractivity contribution in [2.45, 2.75) is 25.2 Å². The minimum absolute atomic E-state index is 0.160. The summed E-state index contributed by atoms with van der Waals surface area (Å²) in [5, 5.41) is 12.7. The molecule has 0 saturated heterocycles. The third kappa shape index (κ3) is 3.05. The first-order chi connectivity index (χ1) is 12.6. The Balaban J connectivity index is 1.75. The zero-order valence-electron chi connectivity index (χ0n) is 14.5. The van der Waals surface area contributed by atoms with Gasteiger partial charge in [-0.05, 0) is 31.5 Å². The first kappa shape index (κ1) is 17.0. The van der Waals surface area contributed by atoms with Crippen LogP contribution in [0.2, 0.25) is 0 Å². The second-order valence-corrected chi connectivity index (χ2v) is 7.24. The van der Waals surface area contributed by atoms with E-state index in [2.05, 4.69) is 31.3 Å². The van der Waals surface area contributed by atoms with Crippen molar-refractivity contribution in [1.82, 2.24) is 24.8 Å². The number of ether oxygens (including phenoxy) is 1. The molecule has 26 heavy (non-hydrogen) atoms. The van der Waals surface area contributed by atoms with E-state index in [9.17, 15) is 4.79 Å². The van der Waals surface area contributed by atoms with Crippen molar-refractivity contribution in [2.75, 3.05) is 6.61 Å². The van der Waals surface area contributed by atoms with E-state index in [0.29, 0.717) is 12.2 Å². The fourth-order valence-corrected chi connectivity index (χ4v) is 3.64. The highest BCUT2D eigenvalue weighted by atomic mass is 79.9. The van der Waals surface area contributed by atoms with Crippen molar-refractivity contribution < 1.29 is 9.53 Å². The molecule has 0 amide bonds. The molecule has 4 rings (SSSR count). The van der Waals surface area contributed by atoms with Gasteiger partial charge in [-0.15, -0.1) is 5.10 Å². The topological polar surface area (TPSA) is 74.8 Å². The fraction of sp³-hybridized carbons (Fsp3) is 0.333. The summed E-state index contributed by atoms with van der Waals surface area (Å²) in [6, 6.07) is 7.85. The van der Waals surface area contributed by atoms with Gasteiger partial charge in [0.15, 0.2) is 0 Å². The van der Waals surface area contributed by atoms with Crippen molar-refractivity contribution in [2.24, 2.45) is 7.05 Å². The van der Waals surface area contributed by atoms with E-state index in [0.717, 1.165) is 28.0 Å². The summed E-state index contributed by atoms with van der Waals surface area (Å²) in [4.78, 5) is 12.4. The molecule has 0 bridgehead atoms. The smallest absolute Gasteiger partial charge is 0.341 e. The number of esters is 1. The molecule has 1 aliphatic rings. The van der Waals surface area contributed by atoms with Crippen LogP contribution in [0.3, 0.4) is 0 Å². The highest BCUT2D eigenvalue weighted by Gasteiger charge is 2.46. The Morgan fingerprint density at radius 1 is 1.38 bits per heavy atom. The lowest BCUT2D eigenvalue weighted by Gasteiger charge is -2.10. The van der Waals surface area contributed by atoms with Crippen LogP contribution in [0, 0.1) is 0 Å². The van der Waals surface area contributed by atoms with Gasteiger partial charge in [0.1, 0.15) is 5.56 Å². The molecule has 2 heterocycles. The lowest BCUT2D eigenvalue weighted by molar-refractivity contribution is 0.0525. The third-order valence-electron chi connectivity index (χ3n) is 4.50. The zero-order valence-corrected chi connectivity index (χ0v) is 16.0. The molecule has 0 spiro atoms. The molecule has 8 heteroatoms. The summed E-state index contributed by atoms with van der Waals surface area (Å²) in [6.07, 6.45) is 4.43. The molecule has 2 unspecified atom stereocenters. The largest absolute Gasteiger partial charge is 0.462 e. The highest BCUT2D eigenvalue weighted by Crippen LogP contribution is 2.55. The quantitative estimate of drug-likeness (QED) is 0.598. The third-order valence-corrected chi connectivity index (χ3v) is 4.99. The SMILES string of the molecule is CCOC(=O)c1cnn(-c2cccc(Br)c2)c1C1CC1c1cn(C)nn1. The first-order valence-corrected chi connectivity index (χ1v) is 9.25. The van der Waals surface area contributed by atoms with Crippen LogP contribution in [0.15, 0.2) is 41.1 Å². The van der Waals surface area contributed by atoms with Crippen LogP contribution in [-0.4, -0.2) is 37.4 Å². The van der Waals surface area contributed by atoms with Crippen LogP contribution in [0.1, 0.15) is 46.9 Å². The molecule has 134 valence electrons. The second-order valence-electron chi connectivity index (χ2n) is 6.32. The number of rotatable bonds is 5. The number of carbonyl (C=O) groups is 1. The summed E-state index contributed by atoms with van der Waals surface area (Å²) in [5.41, 5.74) is 3.23. The van der Waals surface area contributed by atoms with Crippen LogP contribution in [0.5, 0.6) is 0 Å². The van der Waals surface area contributed by atoms with Gasteiger partial charge in [0.05, 0.1) is 29.9 Å². The van der Waals surface area contributed by atoms with Crippen LogP contribution < -0.4 is 0 Å². The maximum absolute atomic E-state index is 12.4. The number of hydrogen-bond donors (Lipinski definition) is 0. The van der Waals surface area contributed by atoms with Crippen LogP contribution in [0.25, 0.3) is 5.69 Å². The monoisotopic (exact) mass is 415 g/mol. The van der Waals surface area contributed by atoms with E-state index >= 15 is 0 Å². The number of halogens is 1. The summed E-state index contributed by atoms with van der Waals surface area (Å²) < 4.78 is 9.71. The fourth-order valence-electron chi connectivity index (χ4n) is 3.25. The van der Waals surface area contributed by atoms with E-state index < -0.39 is 0 Å². The minimum Gasteiger partial charge on any atom is -0.462 e. The Hall–Kier alpha value is -2.48. The Morgan fingerprint density at radius 3 is 2.92 bits per heavy atom. The number of aryl methyl sites for hydroxylation is 1. The van der Waals surface area contributed by atoms with Gasteiger partial charge in [-0.3, -0.25) is 4.68 Å². The zero-order chi connectivity index (χ0) is 18.3. The van der Waals surface area contributed by atoms with Crippen molar-refractivity contribution in [3.63, 3.8) is 0 Å². The van der Waals surface area contributed by atoms with Gasteiger partial charge in [-0.1, -0.05) is 27.2 Å². The van der Waals surface area contributed by atoms with Crippen molar-refractivity contribution in [3.05, 3.63) is 58.1 Å². The molecule has 2 atom stereocenters. The van der Waals surface area contributed by atoms with Gasteiger partial charge in [0.2, 0.25) is 0 Å². The van der Waals surface area contributed by atoms with E-state index in [1.807, 2.05) is 42.2 Å². The van der Waals surface area contributed by atoms with E-state index in [1.54, 1.807) is 17.8 Å². The van der Waals surface area contributed by atoms with Crippen LogP contribution in [0.4, 0.5) is 0 Å². The maximum Gasteiger partial charge on any atom is 0.341 e. The molecule has 2 aromatic heterocycles. The highest BCUT2D eigenvalue weighted by molar-refractivity contribution is 9.10. The molecule has 3 aromatic rings. The first-order valence-electron chi connectivity index (χ1n) is 8.45. The minimum atomic E-state index is -0.339. The Labute approximate surface area is 159 Å². The van der Waals surface area contributed by atoms with Crippen LogP contribution in [-0.2, 0) is 11.8 Å². The number of hydrogen-bond acceptors (Lipinski definition) is 5. The molecular weight excluding hydrogens is 398 g/mol. The van der Waals surface area contributed by atoms with E-state index in [-0.39, 0.29) is 17.8 Å². The lowest BCUT2D eigenvalue weighted by Crippen LogP contribution is -2.09. The normalized spacial score (nSPS) is 18.7. The standard InChI is InChI=1S/C18H18BrN5O2/c1-3-26-18(25)15-9-20-24(12-6-4-5-11(19)7-12)17(15)14-8-13(14)16-10-23(2)22-21-16/h4-7,9-10,13-14H,3,8H2,1-2H3. The molecule has 7 nitrogen and oxygen atoms in total. The number of carbonyl (C=O) groups excluding carboxylic acids is 1. The summed E-state index contributed by atoms with van der Waals surface area (Å²) in [5.74, 6) is 0.0561. The maximum atomic E-state index is 12.4.